The molecule has 0 unspecified atom stereocenters. The van der Waals surface area contributed by atoms with Crippen LogP contribution in [0.4, 0.5) is 14.9 Å². The van der Waals surface area contributed by atoms with E-state index in [9.17, 15) is 14.0 Å². The van der Waals surface area contributed by atoms with Gasteiger partial charge < -0.3 is 19.7 Å². The van der Waals surface area contributed by atoms with E-state index in [-0.39, 0.29) is 35.0 Å². The minimum Gasteiger partial charge on any atom is -0.462 e. The molecule has 0 atom stereocenters. The maximum Gasteiger partial charge on any atom is 0.410 e. The molecule has 1 aliphatic rings. The van der Waals surface area contributed by atoms with Gasteiger partial charge in [-0.2, -0.15) is 0 Å². The summed E-state index contributed by atoms with van der Waals surface area (Å²) in [6, 6.07) is 1.68. The Morgan fingerprint density at radius 2 is 1.97 bits per heavy atom. The average Bonchev–Trinajstić information content (AvgIpc) is 2.72. The van der Waals surface area contributed by atoms with Crippen LogP contribution in [-0.2, 0) is 9.47 Å². The first kappa shape index (κ1) is 25.5. The molecule has 10 heteroatoms. The van der Waals surface area contributed by atoms with Crippen LogP contribution < -0.4 is 5.32 Å². The Morgan fingerprint density at radius 3 is 2.55 bits per heavy atom. The van der Waals surface area contributed by atoms with Gasteiger partial charge in [-0.25, -0.2) is 19.0 Å². The number of esters is 1. The number of aryl methyl sites for hydroxylation is 1. The molecular formula is C23H28BrClFN3O4. The maximum atomic E-state index is 15.0. The number of benzene rings is 1. The van der Waals surface area contributed by atoms with Crippen molar-refractivity contribution in [2.45, 2.75) is 59.1 Å². The highest BCUT2D eigenvalue weighted by molar-refractivity contribution is 9.10. The number of piperidine rings is 1. The van der Waals surface area contributed by atoms with Crippen LogP contribution in [0.25, 0.3) is 10.9 Å². The zero-order valence-electron chi connectivity index (χ0n) is 19.4. The van der Waals surface area contributed by atoms with E-state index in [2.05, 4.69) is 26.2 Å². The summed E-state index contributed by atoms with van der Waals surface area (Å²) >= 11 is 9.59. The van der Waals surface area contributed by atoms with Crippen molar-refractivity contribution >= 4 is 56.2 Å². The third-order valence-corrected chi connectivity index (χ3v) is 6.52. The number of halogens is 3. The average molecular weight is 545 g/mol. The number of hydrogen-bond acceptors (Lipinski definition) is 6. The summed E-state index contributed by atoms with van der Waals surface area (Å²) in [5.74, 6) is -1.18. The molecule has 180 valence electrons. The number of hydrogen-bond donors (Lipinski definition) is 1. The van der Waals surface area contributed by atoms with Crippen molar-refractivity contribution in [3.05, 3.63) is 32.6 Å². The number of nitrogens with zero attached hydrogens (tertiary/aromatic N) is 2. The van der Waals surface area contributed by atoms with Gasteiger partial charge in [0.15, 0.2) is 5.82 Å². The van der Waals surface area contributed by atoms with Crippen molar-refractivity contribution in [2.75, 3.05) is 25.0 Å². The topological polar surface area (TPSA) is 80.8 Å². The van der Waals surface area contributed by atoms with Crippen LogP contribution in [0.2, 0.25) is 5.15 Å². The van der Waals surface area contributed by atoms with Crippen molar-refractivity contribution in [3.8, 4) is 0 Å². The number of aromatic nitrogens is 1. The maximum absolute atomic E-state index is 15.0. The zero-order chi connectivity index (χ0) is 24.5. The van der Waals surface area contributed by atoms with Crippen LogP contribution in [0.3, 0.4) is 0 Å². The van der Waals surface area contributed by atoms with Gasteiger partial charge in [-0.05, 0) is 75.0 Å². The number of ether oxygens (including phenoxy) is 2. The number of carbonyl (C=O) groups excluding carboxylic acids is 2. The van der Waals surface area contributed by atoms with Gasteiger partial charge >= 0.3 is 12.1 Å². The number of carbonyl (C=O) groups is 2. The lowest BCUT2D eigenvalue weighted by molar-refractivity contribution is 0.0210. The van der Waals surface area contributed by atoms with Crippen LogP contribution in [0.5, 0.6) is 0 Å². The molecule has 1 aliphatic heterocycles. The van der Waals surface area contributed by atoms with Crippen LogP contribution in [-0.4, -0.2) is 53.3 Å². The van der Waals surface area contributed by atoms with Gasteiger partial charge in [-0.3, -0.25) is 0 Å². The minimum absolute atomic E-state index is 0.0548. The van der Waals surface area contributed by atoms with E-state index < -0.39 is 17.4 Å². The highest BCUT2D eigenvalue weighted by atomic mass is 79.9. The Hall–Kier alpha value is -2.13. The van der Waals surface area contributed by atoms with Gasteiger partial charge in [0.1, 0.15) is 21.8 Å². The standard InChI is InChI=1S/C23H28BrClFN3O4/c1-6-32-21(30)15-18(14-11-12(2)16(24)17(26)19(14)28-20(15)25)27-13-7-9-29(10-8-13)22(31)33-23(3,4)5/h11,13H,6-10H2,1-5H3,(H,27,28). The number of anilines is 1. The summed E-state index contributed by atoms with van der Waals surface area (Å²) < 4.78 is 25.9. The Labute approximate surface area is 206 Å². The van der Waals surface area contributed by atoms with E-state index in [0.717, 1.165) is 0 Å². The number of nitrogens with one attached hydrogen (secondary N) is 1. The first-order valence-electron chi connectivity index (χ1n) is 10.8. The number of amides is 1. The molecule has 0 bridgehead atoms. The molecule has 3 rings (SSSR count). The summed E-state index contributed by atoms with van der Waals surface area (Å²) in [4.78, 5) is 30.9. The summed E-state index contributed by atoms with van der Waals surface area (Å²) in [6.07, 6.45) is 0.870. The van der Waals surface area contributed by atoms with Gasteiger partial charge in [0, 0.05) is 24.5 Å². The lowest BCUT2D eigenvalue weighted by atomic mass is 10.0. The Balaban J connectivity index is 1.94. The molecule has 33 heavy (non-hydrogen) atoms. The van der Waals surface area contributed by atoms with E-state index in [4.69, 9.17) is 21.1 Å². The number of pyridine rings is 1. The normalized spacial score (nSPS) is 15.0. The molecule has 1 aromatic heterocycles. The molecule has 0 aliphatic carbocycles. The van der Waals surface area contributed by atoms with Gasteiger partial charge in [-0.15, -0.1) is 0 Å². The molecule has 7 nitrogen and oxygen atoms in total. The molecule has 1 saturated heterocycles. The fourth-order valence-electron chi connectivity index (χ4n) is 3.71. The van der Waals surface area contributed by atoms with Crippen LogP contribution in [0.1, 0.15) is 56.5 Å². The summed E-state index contributed by atoms with van der Waals surface area (Å²) in [5.41, 5.74) is 0.597. The van der Waals surface area contributed by atoms with Crippen molar-refractivity contribution in [2.24, 2.45) is 0 Å². The molecule has 0 radical (unpaired) electrons. The van der Waals surface area contributed by atoms with E-state index in [1.807, 2.05) is 20.8 Å². The van der Waals surface area contributed by atoms with Gasteiger partial charge in [0.2, 0.25) is 0 Å². The SMILES string of the molecule is CCOC(=O)c1c(Cl)nc2c(F)c(Br)c(C)cc2c1NC1CCN(C(=O)OC(C)(C)C)CC1. The lowest BCUT2D eigenvalue weighted by Gasteiger charge is -2.34. The van der Waals surface area contributed by atoms with Crippen molar-refractivity contribution in [1.82, 2.24) is 9.88 Å². The van der Waals surface area contributed by atoms with Crippen molar-refractivity contribution in [3.63, 3.8) is 0 Å². The number of likely N-dealkylation sites (tertiary alicyclic amines) is 1. The zero-order valence-corrected chi connectivity index (χ0v) is 21.7. The first-order chi connectivity index (χ1) is 15.4. The summed E-state index contributed by atoms with van der Waals surface area (Å²) in [7, 11) is 0. The fraction of sp³-hybridized carbons (Fsp3) is 0.522. The smallest absolute Gasteiger partial charge is 0.410 e. The fourth-order valence-corrected chi connectivity index (χ4v) is 4.27. The Kier molecular flexibility index (Phi) is 7.73. The van der Waals surface area contributed by atoms with Crippen molar-refractivity contribution in [1.29, 1.82) is 0 Å². The molecule has 2 heterocycles. The minimum atomic E-state index is -0.633. The third kappa shape index (κ3) is 5.69. The highest BCUT2D eigenvalue weighted by Gasteiger charge is 2.30. The molecule has 1 amide bonds. The molecule has 1 N–H and O–H groups in total. The molecule has 0 saturated carbocycles. The number of rotatable bonds is 4. The lowest BCUT2D eigenvalue weighted by Crippen LogP contribution is -2.44. The van der Waals surface area contributed by atoms with E-state index in [1.165, 1.54) is 0 Å². The van der Waals surface area contributed by atoms with Crippen LogP contribution in [0.15, 0.2) is 10.5 Å². The van der Waals surface area contributed by atoms with Crippen LogP contribution >= 0.6 is 27.5 Å². The van der Waals surface area contributed by atoms with Crippen molar-refractivity contribution < 1.29 is 23.5 Å². The second-order valence-corrected chi connectivity index (χ2v) is 10.1. The van der Waals surface area contributed by atoms with Crippen LogP contribution in [0, 0.1) is 12.7 Å². The Morgan fingerprint density at radius 1 is 1.33 bits per heavy atom. The predicted octanol–water partition coefficient (Wildman–Crippen LogP) is 6.09. The summed E-state index contributed by atoms with van der Waals surface area (Å²) in [5, 5.41) is 3.67. The molecule has 1 aromatic carbocycles. The van der Waals surface area contributed by atoms with E-state index in [1.54, 1.807) is 24.8 Å². The highest BCUT2D eigenvalue weighted by Crippen LogP contribution is 2.37. The van der Waals surface area contributed by atoms with E-state index >= 15 is 0 Å². The second kappa shape index (κ2) is 10.0. The summed E-state index contributed by atoms with van der Waals surface area (Å²) in [6.45, 7) is 10.1. The third-order valence-electron chi connectivity index (χ3n) is 5.27. The Bertz CT molecular complexity index is 1080. The quantitative estimate of drug-likeness (QED) is 0.371. The largest absolute Gasteiger partial charge is 0.462 e. The molecular weight excluding hydrogens is 517 g/mol. The van der Waals surface area contributed by atoms with E-state index in [0.29, 0.717) is 47.0 Å². The molecule has 1 fully saturated rings. The first-order valence-corrected chi connectivity index (χ1v) is 12.0. The van der Waals surface area contributed by atoms with Gasteiger partial charge in [0.25, 0.3) is 0 Å². The second-order valence-electron chi connectivity index (χ2n) is 8.98. The predicted molar refractivity (Wildman–Crippen MR) is 130 cm³/mol. The van der Waals surface area contributed by atoms with Gasteiger partial charge in [-0.1, -0.05) is 11.6 Å². The number of fused-ring (bicyclic) bond motifs is 1. The molecule has 2 aromatic rings. The monoisotopic (exact) mass is 543 g/mol. The molecule has 0 spiro atoms. The van der Waals surface area contributed by atoms with Gasteiger partial charge in [0.05, 0.1) is 16.8 Å².